The molecule has 0 aliphatic rings. The van der Waals surface area contributed by atoms with Crippen LogP contribution in [0, 0.1) is 13.8 Å². The zero-order chi connectivity index (χ0) is 24.5. The first kappa shape index (κ1) is 22.7. The smallest absolute Gasteiger partial charge is 0.323 e. The number of rotatable bonds is 6. The third-order valence-electron chi connectivity index (χ3n) is 5.67. The second kappa shape index (κ2) is 9.27. The Balaban J connectivity index is 1.43. The molecule has 5 rings (SSSR count). The van der Waals surface area contributed by atoms with Gasteiger partial charge in [0.1, 0.15) is 0 Å². The van der Waals surface area contributed by atoms with Crippen molar-refractivity contribution in [2.75, 3.05) is 5.32 Å². The predicted molar refractivity (Wildman–Crippen MR) is 139 cm³/mol. The number of carbonyl (C=O) groups is 1. The number of carbonyl (C=O) groups excluding carboxylic acids is 1. The van der Waals surface area contributed by atoms with E-state index >= 15 is 0 Å². The summed E-state index contributed by atoms with van der Waals surface area (Å²) in [5.74, 6) is 0.536. The lowest BCUT2D eigenvalue weighted by atomic mass is 10.1. The van der Waals surface area contributed by atoms with Crippen LogP contribution in [-0.2, 0) is 4.79 Å². The number of thioether (sulfide) groups is 1. The van der Waals surface area contributed by atoms with Crippen molar-refractivity contribution in [3.63, 3.8) is 0 Å². The van der Waals surface area contributed by atoms with Gasteiger partial charge in [0, 0.05) is 16.9 Å². The number of aryl methyl sites for hydroxylation is 2. The lowest BCUT2D eigenvalue weighted by Gasteiger charge is -2.14. The highest BCUT2D eigenvalue weighted by molar-refractivity contribution is 8.00. The largest absolute Gasteiger partial charge is 0.325 e. The van der Waals surface area contributed by atoms with Crippen molar-refractivity contribution in [2.24, 2.45) is 0 Å². The first-order chi connectivity index (χ1) is 16.9. The van der Waals surface area contributed by atoms with E-state index in [4.69, 9.17) is 0 Å². The summed E-state index contributed by atoms with van der Waals surface area (Å²) in [7, 11) is 0. The maximum absolute atomic E-state index is 13.0. The fourth-order valence-electron chi connectivity index (χ4n) is 3.73. The molecule has 0 aliphatic heterocycles. The molecule has 0 saturated carbocycles. The van der Waals surface area contributed by atoms with Crippen molar-refractivity contribution < 1.29 is 4.79 Å². The Morgan fingerprint density at radius 3 is 2.29 bits per heavy atom. The number of fused-ring (bicyclic) bond motifs is 1. The van der Waals surface area contributed by atoms with Crippen molar-refractivity contribution in [2.45, 2.75) is 31.2 Å². The summed E-state index contributed by atoms with van der Waals surface area (Å²) >= 11 is 1.34. The molecule has 8 nitrogen and oxygen atoms in total. The molecular weight excluding hydrogens is 460 g/mol. The molecule has 1 unspecified atom stereocenters. The molecule has 176 valence electrons. The highest BCUT2D eigenvalue weighted by Gasteiger charge is 2.22. The van der Waals surface area contributed by atoms with Gasteiger partial charge in [-0.2, -0.15) is 0 Å². The van der Waals surface area contributed by atoms with Gasteiger partial charge in [-0.3, -0.25) is 9.36 Å². The maximum atomic E-state index is 13.0. The zero-order valence-corrected chi connectivity index (χ0v) is 20.3. The fraction of sp³-hybridized carbons (Fsp3) is 0.154. The Morgan fingerprint density at radius 1 is 0.914 bits per heavy atom. The van der Waals surface area contributed by atoms with E-state index in [-0.39, 0.29) is 11.6 Å². The minimum absolute atomic E-state index is 0.178. The van der Waals surface area contributed by atoms with Gasteiger partial charge in [0.25, 0.3) is 0 Å². The Hall–Kier alpha value is -4.11. The molecule has 1 amide bonds. The van der Waals surface area contributed by atoms with Crippen LogP contribution in [0.15, 0.2) is 76.7 Å². The number of anilines is 1. The van der Waals surface area contributed by atoms with E-state index in [1.54, 1.807) is 18.2 Å². The van der Waals surface area contributed by atoms with Crippen molar-refractivity contribution >= 4 is 34.4 Å². The number of aromatic nitrogens is 5. The average molecular weight is 485 g/mol. The summed E-state index contributed by atoms with van der Waals surface area (Å²) in [6.45, 7) is 5.91. The molecular formula is C26H24N6O2S. The molecule has 0 radical (unpaired) electrons. The van der Waals surface area contributed by atoms with Gasteiger partial charge in [-0.25, -0.2) is 4.79 Å². The van der Waals surface area contributed by atoms with Crippen molar-refractivity contribution in [1.82, 2.24) is 24.7 Å². The number of aromatic amines is 2. The van der Waals surface area contributed by atoms with Gasteiger partial charge in [0.05, 0.1) is 16.3 Å². The molecule has 0 fully saturated rings. The molecule has 0 bridgehead atoms. The maximum Gasteiger partial charge on any atom is 0.323 e. The van der Waals surface area contributed by atoms with Gasteiger partial charge in [0.2, 0.25) is 5.91 Å². The van der Waals surface area contributed by atoms with Gasteiger partial charge in [-0.1, -0.05) is 59.3 Å². The quantitative estimate of drug-likeness (QED) is 0.299. The summed E-state index contributed by atoms with van der Waals surface area (Å²) < 4.78 is 1.98. The summed E-state index contributed by atoms with van der Waals surface area (Å²) in [5.41, 5.74) is 5.82. The third kappa shape index (κ3) is 4.76. The fourth-order valence-corrected chi connectivity index (χ4v) is 4.60. The van der Waals surface area contributed by atoms with E-state index < -0.39 is 5.25 Å². The number of imidazole rings is 1. The van der Waals surface area contributed by atoms with Crippen molar-refractivity contribution in [1.29, 1.82) is 0 Å². The number of hydrogen-bond donors (Lipinski definition) is 3. The molecule has 2 aromatic heterocycles. The van der Waals surface area contributed by atoms with Crippen LogP contribution in [-0.4, -0.2) is 35.9 Å². The van der Waals surface area contributed by atoms with Gasteiger partial charge >= 0.3 is 5.69 Å². The Kier molecular flexibility index (Phi) is 6.00. The molecule has 35 heavy (non-hydrogen) atoms. The monoisotopic (exact) mass is 484 g/mol. The molecule has 2 heterocycles. The van der Waals surface area contributed by atoms with E-state index in [9.17, 15) is 9.59 Å². The van der Waals surface area contributed by atoms with Crippen LogP contribution in [0.25, 0.3) is 28.1 Å². The Bertz CT molecular complexity index is 1560. The highest BCUT2D eigenvalue weighted by atomic mass is 32.2. The molecule has 0 saturated heterocycles. The van der Waals surface area contributed by atoms with Gasteiger partial charge in [-0.15, -0.1) is 10.2 Å². The second-order valence-corrected chi connectivity index (χ2v) is 9.74. The van der Waals surface area contributed by atoms with Crippen molar-refractivity contribution in [3.8, 4) is 17.1 Å². The summed E-state index contributed by atoms with van der Waals surface area (Å²) in [6.07, 6.45) is 0. The number of nitrogens with one attached hydrogen (secondary N) is 3. The normalized spacial score (nSPS) is 12.1. The van der Waals surface area contributed by atoms with E-state index in [0.717, 1.165) is 22.4 Å². The minimum atomic E-state index is -0.449. The van der Waals surface area contributed by atoms with Gasteiger partial charge < -0.3 is 15.3 Å². The Labute approximate surface area is 205 Å². The molecule has 5 aromatic rings. The first-order valence-electron chi connectivity index (χ1n) is 11.2. The van der Waals surface area contributed by atoms with Crippen LogP contribution >= 0.6 is 11.8 Å². The first-order valence-corrected chi connectivity index (χ1v) is 12.0. The standard InChI is InChI=1S/C26H24N6O2S/c1-15-4-8-18(9-5-15)23-30-31-26(32(23)20-11-6-16(2)7-12-20)35-17(3)24(33)27-19-10-13-21-22(14-19)29-25(34)28-21/h4-14,17H,1-3H3,(H,27,33)(H2,28,29,34). The van der Waals surface area contributed by atoms with Gasteiger partial charge in [-0.05, 0) is 51.1 Å². The van der Waals surface area contributed by atoms with E-state index in [1.807, 2.05) is 73.9 Å². The number of hydrogen-bond acceptors (Lipinski definition) is 5. The molecule has 3 aromatic carbocycles. The third-order valence-corrected chi connectivity index (χ3v) is 6.71. The molecule has 1 atom stereocenters. The number of nitrogens with zero attached hydrogens (tertiary/aromatic N) is 3. The van der Waals surface area contributed by atoms with Crippen LogP contribution in [0.5, 0.6) is 0 Å². The van der Waals surface area contributed by atoms with Crippen LogP contribution < -0.4 is 11.0 Å². The molecule has 3 N–H and O–H groups in total. The highest BCUT2D eigenvalue weighted by Crippen LogP contribution is 2.31. The SMILES string of the molecule is Cc1ccc(-c2nnc(SC(C)C(=O)Nc3ccc4[nH]c(=O)[nH]c4c3)n2-c2ccc(C)cc2)cc1. The van der Waals surface area contributed by atoms with Gasteiger partial charge in [0.15, 0.2) is 11.0 Å². The number of H-pyrrole nitrogens is 2. The van der Waals surface area contributed by atoms with E-state index in [0.29, 0.717) is 27.7 Å². The van der Waals surface area contributed by atoms with Crippen LogP contribution in [0.2, 0.25) is 0 Å². The van der Waals surface area contributed by atoms with Crippen LogP contribution in [0.3, 0.4) is 0 Å². The summed E-state index contributed by atoms with van der Waals surface area (Å²) in [4.78, 5) is 29.9. The van der Waals surface area contributed by atoms with Crippen LogP contribution in [0.4, 0.5) is 5.69 Å². The number of benzene rings is 3. The molecule has 0 spiro atoms. The topological polar surface area (TPSA) is 108 Å². The lowest BCUT2D eigenvalue weighted by Crippen LogP contribution is -2.22. The molecule has 9 heteroatoms. The Morgan fingerprint density at radius 2 is 1.57 bits per heavy atom. The summed E-state index contributed by atoms with van der Waals surface area (Å²) in [5, 5.41) is 12.0. The minimum Gasteiger partial charge on any atom is -0.325 e. The predicted octanol–water partition coefficient (Wildman–Crippen LogP) is 4.84. The summed E-state index contributed by atoms with van der Waals surface area (Å²) in [6, 6.07) is 21.5. The van der Waals surface area contributed by atoms with E-state index in [1.165, 1.54) is 11.8 Å². The average Bonchev–Trinajstić information content (AvgIpc) is 3.42. The van der Waals surface area contributed by atoms with E-state index in [2.05, 4.69) is 25.5 Å². The lowest BCUT2D eigenvalue weighted by molar-refractivity contribution is -0.115. The number of amides is 1. The zero-order valence-electron chi connectivity index (χ0n) is 19.5. The second-order valence-electron chi connectivity index (χ2n) is 8.43. The van der Waals surface area contributed by atoms with Crippen LogP contribution in [0.1, 0.15) is 18.1 Å². The molecule has 0 aliphatic carbocycles. The van der Waals surface area contributed by atoms with Crippen molar-refractivity contribution in [3.05, 3.63) is 88.3 Å².